The van der Waals surface area contributed by atoms with E-state index in [1.165, 1.54) is 11.3 Å². The zero-order valence-electron chi connectivity index (χ0n) is 6.86. The number of halogens is 1. The van der Waals surface area contributed by atoms with Gasteiger partial charge in [0.1, 0.15) is 0 Å². The van der Waals surface area contributed by atoms with Crippen LogP contribution in [0.15, 0.2) is 3.92 Å². The van der Waals surface area contributed by atoms with E-state index < -0.39 is 0 Å². The molecule has 0 aliphatic carbocycles. The summed E-state index contributed by atoms with van der Waals surface area (Å²) in [6.45, 7) is 2.04. The van der Waals surface area contributed by atoms with Gasteiger partial charge in [-0.1, -0.05) is 11.3 Å². The third kappa shape index (κ3) is 2.15. The molecule has 0 aliphatic heterocycles. The molecule has 1 atom stereocenters. The second-order valence-corrected chi connectivity index (χ2v) is 4.71. The molecule has 0 aromatic carbocycles. The highest BCUT2D eigenvalue weighted by molar-refractivity contribution is 9.11. The Bertz CT molecular complexity index is 255. The Kier molecular flexibility index (Phi) is 3.42. The minimum atomic E-state index is 0.0739. The van der Waals surface area contributed by atoms with E-state index in [0.717, 1.165) is 9.05 Å². The van der Waals surface area contributed by atoms with Crippen LogP contribution in [0.5, 0.6) is 0 Å². The molecule has 0 radical (unpaired) electrons. The molecular formula is C6H10BrN3OS. The summed E-state index contributed by atoms with van der Waals surface area (Å²) in [6, 6.07) is 0.0739. The molecule has 0 amide bonds. The van der Waals surface area contributed by atoms with Gasteiger partial charge in [-0.3, -0.25) is 0 Å². The Morgan fingerprint density at radius 3 is 2.75 bits per heavy atom. The van der Waals surface area contributed by atoms with Crippen molar-refractivity contribution in [3.05, 3.63) is 3.92 Å². The van der Waals surface area contributed by atoms with Crippen molar-refractivity contribution in [2.45, 2.75) is 13.0 Å². The molecule has 0 spiro atoms. The summed E-state index contributed by atoms with van der Waals surface area (Å²) in [6.07, 6.45) is 0. The van der Waals surface area contributed by atoms with Gasteiger partial charge < -0.3 is 10.0 Å². The number of nitrogens with zero attached hydrogens (tertiary/aromatic N) is 3. The fourth-order valence-corrected chi connectivity index (χ4v) is 1.80. The number of rotatable bonds is 3. The zero-order chi connectivity index (χ0) is 9.14. The Labute approximate surface area is 83.4 Å². The normalized spacial score (nSPS) is 13.0. The van der Waals surface area contributed by atoms with Gasteiger partial charge in [-0.05, 0) is 22.9 Å². The molecule has 1 unspecified atom stereocenters. The second kappa shape index (κ2) is 4.15. The average molecular weight is 252 g/mol. The first kappa shape index (κ1) is 9.88. The number of hydrogen-bond donors (Lipinski definition) is 1. The molecule has 0 fully saturated rings. The smallest absolute Gasteiger partial charge is 0.209 e. The van der Waals surface area contributed by atoms with Crippen molar-refractivity contribution < 1.29 is 5.11 Å². The predicted octanol–water partition coefficient (Wildman–Crippen LogP) is 1.12. The van der Waals surface area contributed by atoms with Gasteiger partial charge >= 0.3 is 0 Å². The number of anilines is 1. The lowest BCUT2D eigenvalue weighted by molar-refractivity contribution is 0.270. The summed E-state index contributed by atoms with van der Waals surface area (Å²) < 4.78 is 0.759. The standard InChI is InChI=1S/C6H10BrN3OS/c1-4(3-11)10(2)6-9-8-5(7)12-6/h4,11H,3H2,1-2H3. The molecule has 0 aliphatic rings. The van der Waals surface area contributed by atoms with Crippen LogP contribution in [0.25, 0.3) is 0 Å². The zero-order valence-corrected chi connectivity index (χ0v) is 9.26. The Hall–Kier alpha value is -0.200. The van der Waals surface area contributed by atoms with Gasteiger partial charge in [0.15, 0.2) is 3.92 Å². The molecule has 1 N–H and O–H groups in total. The van der Waals surface area contributed by atoms with Crippen molar-refractivity contribution in [2.24, 2.45) is 0 Å². The summed E-state index contributed by atoms with van der Waals surface area (Å²) in [7, 11) is 1.88. The largest absolute Gasteiger partial charge is 0.394 e. The van der Waals surface area contributed by atoms with E-state index in [-0.39, 0.29) is 12.6 Å². The van der Waals surface area contributed by atoms with Gasteiger partial charge in [0.25, 0.3) is 0 Å². The van der Waals surface area contributed by atoms with Crippen molar-refractivity contribution >= 4 is 32.4 Å². The monoisotopic (exact) mass is 251 g/mol. The van der Waals surface area contributed by atoms with Crippen molar-refractivity contribution in [3.8, 4) is 0 Å². The van der Waals surface area contributed by atoms with Crippen molar-refractivity contribution in [3.63, 3.8) is 0 Å². The molecule has 0 bridgehead atoms. The lowest BCUT2D eigenvalue weighted by Gasteiger charge is -2.21. The van der Waals surface area contributed by atoms with E-state index in [1.807, 2.05) is 18.9 Å². The van der Waals surface area contributed by atoms with Crippen LogP contribution in [-0.2, 0) is 0 Å². The summed E-state index contributed by atoms with van der Waals surface area (Å²) >= 11 is 4.68. The molecule has 1 aromatic heterocycles. The number of hydrogen-bond acceptors (Lipinski definition) is 5. The van der Waals surface area contributed by atoms with E-state index in [0.29, 0.717) is 0 Å². The van der Waals surface area contributed by atoms with Crippen LogP contribution in [0.4, 0.5) is 5.13 Å². The number of likely N-dealkylation sites (N-methyl/N-ethyl adjacent to an activating group) is 1. The van der Waals surface area contributed by atoms with Crippen LogP contribution in [0.1, 0.15) is 6.92 Å². The van der Waals surface area contributed by atoms with E-state index in [9.17, 15) is 0 Å². The minimum Gasteiger partial charge on any atom is -0.394 e. The van der Waals surface area contributed by atoms with Gasteiger partial charge in [-0.2, -0.15) is 0 Å². The van der Waals surface area contributed by atoms with E-state index in [1.54, 1.807) is 0 Å². The molecule has 4 nitrogen and oxygen atoms in total. The molecule has 0 saturated heterocycles. The van der Waals surface area contributed by atoms with Crippen molar-refractivity contribution in [1.29, 1.82) is 0 Å². The second-order valence-electron chi connectivity index (χ2n) is 2.48. The molecule has 1 heterocycles. The van der Waals surface area contributed by atoms with Crippen LogP contribution < -0.4 is 4.90 Å². The highest BCUT2D eigenvalue weighted by atomic mass is 79.9. The van der Waals surface area contributed by atoms with Crippen molar-refractivity contribution in [2.75, 3.05) is 18.6 Å². The van der Waals surface area contributed by atoms with Crippen LogP contribution in [0.3, 0.4) is 0 Å². The van der Waals surface area contributed by atoms with Gasteiger partial charge in [-0.15, -0.1) is 10.2 Å². The lowest BCUT2D eigenvalue weighted by Crippen LogP contribution is -2.31. The van der Waals surface area contributed by atoms with Gasteiger partial charge in [0.05, 0.1) is 12.6 Å². The quantitative estimate of drug-likeness (QED) is 0.875. The topological polar surface area (TPSA) is 49.2 Å². The Balaban J connectivity index is 2.70. The van der Waals surface area contributed by atoms with E-state index in [4.69, 9.17) is 5.11 Å². The Morgan fingerprint density at radius 1 is 1.67 bits per heavy atom. The molecule has 1 rings (SSSR count). The summed E-state index contributed by atoms with van der Waals surface area (Å²) in [5, 5.41) is 17.4. The molecule has 68 valence electrons. The molecule has 6 heteroatoms. The first-order valence-electron chi connectivity index (χ1n) is 3.48. The fourth-order valence-electron chi connectivity index (χ4n) is 0.652. The maximum Gasteiger partial charge on any atom is 0.209 e. The first-order valence-corrected chi connectivity index (χ1v) is 5.08. The van der Waals surface area contributed by atoms with Crippen LogP contribution in [-0.4, -0.2) is 35.0 Å². The molecule has 12 heavy (non-hydrogen) atoms. The van der Waals surface area contributed by atoms with Crippen molar-refractivity contribution in [1.82, 2.24) is 10.2 Å². The van der Waals surface area contributed by atoms with Crippen LogP contribution >= 0.6 is 27.3 Å². The maximum absolute atomic E-state index is 8.88. The molecular weight excluding hydrogens is 242 g/mol. The summed E-state index contributed by atoms with van der Waals surface area (Å²) in [5.74, 6) is 0. The van der Waals surface area contributed by atoms with E-state index in [2.05, 4.69) is 26.1 Å². The van der Waals surface area contributed by atoms with Gasteiger partial charge in [0, 0.05) is 7.05 Å². The predicted molar refractivity (Wildman–Crippen MR) is 52.6 cm³/mol. The van der Waals surface area contributed by atoms with E-state index >= 15 is 0 Å². The SMILES string of the molecule is CC(CO)N(C)c1nnc(Br)s1. The number of aliphatic hydroxyl groups is 1. The van der Waals surface area contributed by atoms with Gasteiger partial charge in [-0.25, -0.2) is 0 Å². The highest BCUT2D eigenvalue weighted by Gasteiger charge is 2.12. The maximum atomic E-state index is 8.88. The average Bonchev–Trinajstić information content (AvgIpc) is 2.49. The van der Waals surface area contributed by atoms with Crippen LogP contribution in [0, 0.1) is 0 Å². The minimum absolute atomic E-state index is 0.0739. The summed E-state index contributed by atoms with van der Waals surface area (Å²) in [5.41, 5.74) is 0. The first-order chi connectivity index (χ1) is 5.65. The number of aliphatic hydroxyl groups excluding tert-OH is 1. The third-order valence-corrected chi connectivity index (χ3v) is 3.06. The number of aromatic nitrogens is 2. The lowest BCUT2D eigenvalue weighted by atomic mass is 10.3. The summed E-state index contributed by atoms with van der Waals surface area (Å²) in [4.78, 5) is 1.89. The van der Waals surface area contributed by atoms with Gasteiger partial charge in [0.2, 0.25) is 5.13 Å². The molecule has 0 saturated carbocycles. The molecule has 1 aromatic rings. The Morgan fingerprint density at radius 2 is 2.33 bits per heavy atom. The van der Waals surface area contributed by atoms with Crippen LogP contribution in [0.2, 0.25) is 0 Å². The highest BCUT2D eigenvalue weighted by Crippen LogP contribution is 2.24. The third-order valence-electron chi connectivity index (χ3n) is 1.62. The fraction of sp³-hybridized carbons (Fsp3) is 0.667.